The number of rotatable bonds is 2. The molecule has 0 atom stereocenters. The molecule has 0 bridgehead atoms. The molecule has 18 heavy (non-hydrogen) atoms. The van der Waals surface area contributed by atoms with E-state index < -0.39 is 0 Å². The van der Waals surface area contributed by atoms with Gasteiger partial charge >= 0.3 is 0 Å². The quantitative estimate of drug-likeness (QED) is 0.839. The fourth-order valence-electron chi connectivity index (χ4n) is 2.94. The van der Waals surface area contributed by atoms with Crippen molar-refractivity contribution in [1.29, 1.82) is 0 Å². The van der Waals surface area contributed by atoms with Gasteiger partial charge < -0.3 is 10.4 Å². The van der Waals surface area contributed by atoms with Crippen molar-refractivity contribution in [2.75, 3.05) is 6.61 Å². The zero-order valence-corrected chi connectivity index (χ0v) is 10.6. The molecule has 3 nitrogen and oxygen atoms in total. The smallest absolute Gasteiger partial charge is 0.107 e. The van der Waals surface area contributed by atoms with Crippen molar-refractivity contribution in [1.82, 2.24) is 5.32 Å². The molecule has 1 aliphatic carbocycles. The highest BCUT2D eigenvalue weighted by Crippen LogP contribution is 2.27. The van der Waals surface area contributed by atoms with E-state index in [0.29, 0.717) is 18.6 Å². The molecule has 3 heteroatoms. The van der Waals surface area contributed by atoms with E-state index in [1.165, 1.54) is 5.56 Å². The summed E-state index contributed by atoms with van der Waals surface area (Å²) in [5, 5.41) is 12.7. The lowest BCUT2D eigenvalue weighted by atomic mass is 9.86. The second kappa shape index (κ2) is 5.11. The monoisotopic (exact) mass is 244 g/mol. The Morgan fingerprint density at radius 3 is 2.67 bits per heavy atom. The third-order valence-electron chi connectivity index (χ3n) is 4.08. The lowest BCUT2D eigenvalue weighted by Crippen LogP contribution is -2.38. The molecule has 0 unspecified atom stereocenters. The Kier molecular flexibility index (Phi) is 3.33. The number of nitrogens with zero attached hydrogens (tertiary/aromatic N) is 1. The van der Waals surface area contributed by atoms with Crippen LogP contribution in [0.15, 0.2) is 29.3 Å². The van der Waals surface area contributed by atoms with Gasteiger partial charge in [0, 0.05) is 19.1 Å². The van der Waals surface area contributed by atoms with Crippen LogP contribution in [0.3, 0.4) is 0 Å². The van der Waals surface area contributed by atoms with E-state index >= 15 is 0 Å². The number of para-hydroxylation sites is 1. The Morgan fingerprint density at radius 2 is 1.94 bits per heavy atom. The molecular weight excluding hydrogens is 224 g/mol. The first-order valence-corrected chi connectivity index (χ1v) is 6.88. The van der Waals surface area contributed by atoms with E-state index in [4.69, 9.17) is 5.11 Å². The number of aliphatic hydroxyl groups excluding tert-OH is 1. The minimum atomic E-state index is 0.346. The minimum Gasteiger partial charge on any atom is -0.396 e. The molecule has 1 aromatic rings. The van der Waals surface area contributed by atoms with E-state index in [-0.39, 0.29) is 0 Å². The molecular formula is C15H20N2O. The Balaban J connectivity index is 1.57. The molecule has 0 spiro atoms. The summed E-state index contributed by atoms with van der Waals surface area (Å²) in [6.45, 7) is 0.346. The lowest BCUT2D eigenvalue weighted by Gasteiger charge is -2.28. The van der Waals surface area contributed by atoms with E-state index in [2.05, 4.69) is 28.5 Å². The van der Waals surface area contributed by atoms with Gasteiger partial charge in [-0.1, -0.05) is 18.2 Å². The summed E-state index contributed by atoms with van der Waals surface area (Å²) in [6, 6.07) is 8.88. The second-order valence-electron chi connectivity index (χ2n) is 5.41. The standard InChI is InChI=1S/C15H20N2O/c18-10-11-5-7-13(8-6-11)16-15-9-12-3-1-2-4-14(12)17-15/h1-4,11,13,18H,5-10H2,(H,16,17)/t11-,13-. The molecule has 96 valence electrons. The zero-order chi connectivity index (χ0) is 12.4. The second-order valence-corrected chi connectivity index (χ2v) is 5.41. The third-order valence-corrected chi connectivity index (χ3v) is 4.08. The Bertz CT molecular complexity index is 448. The SMILES string of the molecule is OC[C@H]1CC[C@H](NC2=Nc3ccccc3C2)CC1. The lowest BCUT2D eigenvalue weighted by molar-refractivity contribution is 0.179. The maximum absolute atomic E-state index is 9.14. The zero-order valence-electron chi connectivity index (χ0n) is 10.6. The molecule has 0 radical (unpaired) electrons. The van der Waals surface area contributed by atoms with Crippen molar-refractivity contribution in [3.05, 3.63) is 29.8 Å². The van der Waals surface area contributed by atoms with Crippen molar-refractivity contribution in [3.8, 4) is 0 Å². The van der Waals surface area contributed by atoms with Gasteiger partial charge in [-0.25, -0.2) is 4.99 Å². The number of nitrogens with one attached hydrogen (secondary N) is 1. The molecule has 1 fully saturated rings. The maximum Gasteiger partial charge on any atom is 0.107 e. The molecule has 2 N–H and O–H groups in total. The normalized spacial score (nSPS) is 26.6. The van der Waals surface area contributed by atoms with Gasteiger partial charge in [0.1, 0.15) is 5.84 Å². The molecule has 0 aromatic heterocycles. The largest absolute Gasteiger partial charge is 0.396 e. The van der Waals surface area contributed by atoms with E-state index in [1.54, 1.807) is 0 Å². The number of hydrogen-bond donors (Lipinski definition) is 2. The molecule has 1 aliphatic heterocycles. The van der Waals surface area contributed by atoms with Crippen molar-refractivity contribution in [2.45, 2.75) is 38.1 Å². The molecule has 1 saturated carbocycles. The number of aliphatic hydroxyl groups is 1. The van der Waals surface area contributed by atoms with Crippen LogP contribution < -0.4 is 5.32 Å². The molecule has 1 aromatic carbocycles. The first kappa shape index (κ1) is 11.7. The summed E-state index contributed by atoms with van der Waals surface area (Å²) in [6.07, 6.45) is 5.51. The van der Waals surface area contributed by atoms with Gasteiger partial charge in [0.2, 0.25) is 0 Å². The van der Waals surface area contributed by atoms with Gasteiger partial charge in [-0.3, -0.25) is 0 Å². The summed E-state index contributed by atoms with van der Waals surface area (Å²) in [5.41, 5.74) is 2.44. The minimum absolute atomic E-state index is 0.346. The van der Waals surface area contributed by atoms with Crippen LogP contribution in [0.1, 0.15) is 31.2 Å². The Labute approximate surface area is 108 Å². The van der Waals surface area contributed by atoms with Crippen LogP contribution in [0.4, 0.5) is 5.69 Å². The Hall–Kier alpha value is -1.35. The summed E-state index contributed by atoms with van der Waals surface area (Å²) in [4.78, 5) is 4.64. The van der Waals surface area contributed by atoms with Crippen molar-refractivity contribution in [3.63, 3.8) is 0 Å². The first-order chi connectivity index (χ1) is 8.85. The number of fused-ring (bicyclic) bond motifs is 1. The van der Waals surface area contributed by atoms with Crippen LogP contribution in [0.25, 0.3) is 0 Å². The number of hydrogen-bond acceptors (Lipinski definition) is 3. The molecule has 3 rings (SSSR count). The summed E-state index contributed by atoms with van der Waals surface area (Å²) < 4.78 is 0. The van der Waals surface area contributed by atoms with E-state index in [9.17, 15) is 0 Å². The fraction of sp³-hybridized carbons (Fsp3) is 0.533. The number of benzene rings is 1. The van der Waals surface area contributed by atoms with Crippen LogP contribution in [-0.4, -0.2) is 23.6 Å². The Morgan fingerprint density at radius 1 is 1.17 bits per heavy atom. The van der Waals surface area contributed by atoms with Crippen LogP contribution in [0, 0.1) is 5.92 Å². The molecule has 2 aliphatic rings. The highest BCUT2D eigenvalue weighted by Gasteiger charge is 2.22. The first-order valence-electron chi connectivity index (χ1n) is 6.88. The van der Waals surface area contributed by atoms with Crippen molar-refractivity contribution >= 4 is 11.5 Å². The van der Waals surface area contributed by atoms with Gasteiger partial charge in [-0.2, -0.15) is 0 Å². The van der Waals surface area contributed by atoms with Gasteiger partial charge in [0.05, 0.1) is 5.69 Å². The van der Waals surface area contributed by atoms with Gasteiger partial charge in [-0.15, -0.1) is 0 Å². The summed E-state index contributed by atoms with van der Waals surface area (Å²) in [5.74, 6) is 1.63. The average Bonchev–Trinajstić information content (AvgIpc) is 2.82. The fourth-order valence-corrected chi connectivity index (χ4v) is 2.94. The number of aliphatic imine (C=N–C) groups is 1. The maximum atomic E-state index is 9.14. The average molecular weight is 244 g/mol. The highest BCUT2D eigenvalue weighted by atomic mass is 16.3. The highest BCUT2D eigenvalue weighted by molar-refractivity contribution is 5.92. The summed E-state index contributed by atoms with van der Waals surface area (Å²) >= 11 is 0. The molecule has 1 heterocycles. The third kappa shape index (κ3) is 2.41. The number of amidine groups is 1. The van der Waals surface area contributed by atoms with E-state index in [1.807, 2.05) is 6.07 Å². The summed E-state index contributed by atoms with van der Waals surface area (Å²) in [7, 11) is 0. The predicted octanol–water partition coefficient (Wildman–Crippen LogP) is 2.41. The van der Waals surface area contributed by atoms with Crippen LogP contribution in [0.5, 0.6) is 0 Å². The molecule has 0 saturated heterocycles. The van der Waals surface area contributed by atoms with Crippen molar-refractivity contribution in [2.24, 2.45) is 10.9 Å². The van der Waals surface area contributed by atoms with Crippen LogP contribution >= 0.6 is 0 Å². The van der Waals surface area contributed by atoms with Crippen molar-refractivity contribution < 1.29 is 5.11 Å². The predicted molar refractivity (Wildman–Crippen MR) is 73.2 cm³/mol. The van der Waals surface area contributed by atoms with Crippen LogP contribution in [0.2, 0.25) is 0 Å². The van der Waals surface area contributed by atoms with Crippen LogP contribution in [-0.2, 0) is 6.42 Å². The van der Waals surface area contributed by atoms with Gasteiger partial charge in [0.15, 0.2) is 0 Å². The van der Waals surface area contributed by atoms with Gasteiger partial charge in [-0.05, 0) is 43.2 Å². The van der Waals surface area contributed by atoms with Gasteiger partial charge in [0.25, 0.3) is 0 Å². The van der Waals surface area contributed by atoms with E-state index in [0.717, 1.165) is 43.6 Å². The molecule has 0 amide bonds. The topological polar surface area (TPSA) is 44.6 Å².